The van der Waals surface area contributed by atoms with Crippen LogP contribution in [0.2, 0.25) is 0 Å². The van der Waals surface area contributed by atoms with Crippen LogP contribution in [-0.2, 0) is 0 Å². The lowest BCUT2D eigenvalue weighted by atomic mass is 10.1. The number of nitrogens with one attached hydrogen (secondary N) is 2. The van der Waals surface area contributed by atoms with Crippen LogP contribution in [-0.4, -0.2) is 21.1 Å². The zero-order chi connectivity index (χ0) is 14.0. The number of hydrogen-bond acceptors (Lipinski definition) is 3. The van der Waals surface area contributed by atoms with E-state index in [1.54, 1.807) is 6.92 Å². The van der Waals surface area contributed by atoms with Crippen molar-refractivity contribution in [1.82, 2.24) is 20.5 Å². The van der Waals surface area contributed by atoms with Gasteiger partial charge in [0.2, 0.25) is 0 Å². The number of benzene rings is 1. The zero-order valence-electron chi connectivity index (χ0n) is 10.4. The predicted molar refractivity (Wildman–Crippen MR) is 63.4 cm³/mol. The van der Waals surface area contributed by atoms with Crippen LogP contribution >= 0.6 is 0 Å². The minimum absolute atomic E-state index is 0.207. The standard InChI is InChI=1S/C12H12F2N4O/c1-6-3-4-8(13)9(10(6)14)12(19)17-7(2)11-15-5-16-18-11/h3-5,7H,1-2H3,(H,17,19)(H,15,16,18). The maximum Gasteiger partial charge on any atom is 0.257 e. The topological polar surface area (TPSA) is 70.7 Å². The van der Waals surface area contributed by atoms with Crippen molar-refractivity contribution in [3.05, 3.63) is 47.0 Å². The van der Waals surface area contributed by atoms with Crippen LogP contribution in [0.3, 0.4) is 0 Å². The molecule has 1 atom stereocenters. The molecule has 0 spiro atoms. The average molecular weight is 266 g/mol. The molecule has 1 unspecified atom stereocenters. The highest BCUT2D eigenvalue weighted by Crippen LogP contribution is 2.17. The molecular formula is C12H12F2N4O. The summed E-state index contributed by atoms with van der Waals surface area (Å²) in [5.41, 5.74) is -0.384. The summed E-state index contributed by atoms with van der Waals surface area (Å²) in [5.74, 6) is -2.18. The SMILES string of the molecule is Cc1ccc(F)c(C(=O)NC(C)c2ncn[nH]2)c1F. The fraction of sp³-hybridized carbons (Fsp3) is 0.250. The van der Waals surface area contributed by atoms with Gasteiger partial charge in [0.15, 0.2) is 0 Å². The maximum absolute atomic E-state index is 13.8. The smallest absolute Gasteiger partial charge is 0.257 e. The predicted octanol–water partition coefficient (Wildman–Crippen LogP) is 1.88. The van der Waals surface area contributed by atoms with E-state index in [1.165, 1.54) is 19.3 Å². The Kier molecular flexibility index (Phi) is 3.55. The van der Waals surface area contributed by atoms with E-state index in [9.17, 15) is 13.6 Å². The van der Waals surface area contributed by atoms with Crippen molar-refractivity contribution in [1.29, 1.82) is 0 Å². The molecule has 100 valence electrons. The number of hydrogen-bond donors (Lipinski definition) is 2. The first-order chi connectivity index (χ1) is 9.00. The van der Waals surface area contributed by atoms with E-state index in [-0.39, 0.29) is 5.56 Å². The third kappa shape index (κ3) is 2.59. The summed E-state index contributed by atoms with van der Waals surface area (Å²) < 4.78 is 27.3. The van der Waals surface area contributed by atoms with Gasteiger partial charge in [0.25, 0.3) is 5.91 Å². The maximum atomic E-state index is 13.8. The Morgan fingerprint density at radius 1 is 1.42 bits per heavy atom. The second kappa shape index (κ2) is 5.13. The third-order valence-corrected chi connectivity index (χ3v) is 2.70. The largest absolute Gasteiger partial charge is 0.342 e. The molecule has 1 amide bonds. The van der Waals surface area contributed by atoms with Crippen LogP contribution in [0.25, 0.3) is 0 Å². The molecule has 0 aliphatic rings. The van der Waals surface area contributed by atoms with E-state index in [1.807, 2.05) is 0 Å². The number of nitrogens with zero attached hydrogens (tertiary/aromatic N) is 2. The molecule has 2 rings (SSSR count). The van der Waals surface area contributed by atoms with Crippen LogP contribution in [0.5, 0.6) is 0 Å². The molecule has 2 N–H and O–H groups in total. The van der Waals surface area contributed by atoms with Gasteiger partial charge < -0.3 is 5.32 Å². The van der Waals surface area contributed by atoms with Gasteiger partial charge in [-0.1, -0.05) is 6.07 Å². The number of H-pyrrole nitrogens is 1. The fourth-order valence-electron chi connectivity index (χ4n) is 1.63. The molecule has 0 radical (unpaired) electrons. The Balaban J connectivity index is 2.23. The minimum Gasteiger partial charge on any atom is -0.342 e. The van der Waals surface area contributed by atoms with E-state index in [4.69, 9.17) is 0 Å². The molecule has 0 bridgehead atoms. The normalized spacial score (nSPS) is 12.2. The van der Waals surface area contributed by atoms with Crippen molar-refractivity contribution in [2.75, 3.05) is 0 Å². The molecule has 19 heavy (non-hydrogen) atoms. The summed E-state index contributed by atoms with van der Waals surface area (Å²) in [6.07, 6.45) is 1.28. The zero-order valence-corrected chi connectivity index (χ0v) is 10.4. The molecule has 1 aromatic heterocycles. The third-order valence-electron chi connectivity index (χ3n) is 2.70. The minimum atomic E-state index is -0.898. The summed E-state index contributed by atoms with van der Waals surface area (Å²) in [6.45, 7) is 3.09. The van der Waals surface area contributed by atoms with Gasteiger partial charge in [-0.15, -0.1) is 0 Å². The first kappa shape index (κ1) is 13.1. The summed E-state index contributed by atoms with van der Waals surface area (Å²) in [6, 6.07) is 1.81. The van der Waals surface area contributed by atoms with E-state index in [0.29, 0.717) is 5.82 Å². The molecular weight excluding hydrogens is 254 g/mol. The lowest BCUT2D eigenvalue weighted by Crippen LogP contribution is -2.29. The molecule has 0 fully saturated rings. The summed E-state index contributed by atoms with van der Waals surface area (Å²) in [7, 11) is 0. The number of carbonyl (C=O) groups excluding carboxylic acids is 1. The van der Waals surface area contributed by atoms with E-state index < -0.39 is 29.1 Å². The highest BCUT2D eigenvalue weighted by molar-refractivity contribution is 5.95. The monoisotopic (exact) mass is 266 g/mol. The number of aromatic amines is 1. The van der Waals surface area contributed by atoms with Crippen LogP contribution < -0.4 is 5.32 Å². The highest BCUT2D eigenvalue weighted by atomic mass is 19.1. The van der Waals surface area contributed by atoms with Crippen molar-refractivity contribution < 1.29 is 13.6 Å². The van der Waals surface area contributed by atoms with Gasteiger partial charge in [-0.05, 0) is 25.5 Å². The summed E-state index contributed by atoms with van der Waals surface area (Å²) >= 11 is 0. The van der Waals surface area contributed by atoms with E-state index in [2.05, 4.69) is 20.5 Å². The first-order valence-electron chi connectivity index (χ1n) is 5.61. The molecule has 0 aliphatic carbocycles. The number of halogens is 2. The van der Waals surface area contributed by atoms with Gasteiger partial charge in [-0.2, -0.15) is 5.10 Å². The Morgan fingerprint density at radius 2 is 2.16 bits per heavy atom. The van der Waals surface area contributed by atoms with E-state index >= 15 is 0 Å². The number of aromatic nitrogens is 3. The summed E-state index contributed by atoms with van der Waals surface area (Å²) in [4.78, 5) is 15.7. The second-order valence-electron chi connectivity index (χ2n) is 4.12. The molecule has 1 heterocycles. The quantitative estimate of drug-likeness (QED) is 0.891. The van der Waals surface area contributed by atoms with Crippen molar-refractivity contribution >= 4 is 5.91 Å². The molecule has 5 nitrogen and oxygen atoms in total. The van der Waals surface area contributed by atoms with Gasteiger partial charge >= 0.3 is 0 Å². The lowest BCUT2D eigenvalue weighted by molar-refractivity contribution is 0.0929. The molecule has 2 aromatic rings. The van der Waals surface area contributed by atoms with Gasteiger partial charge in [0.1, 0.15) is 29.3 Å². The average Bonchev–Trinajstić information content (AvgIpc) is 2.88. The van der Waals surface area contributed by atoms with E-state index in [0.717, 1.165) is 6.07 Å². The van der Waals surface area contributed by atoms with Crippen molar-refractivity contribution in [2.45, 2.75) is 19.9 Å². The first-order valence-corrected chi connectivity index (χ1v) is 5.61. The molecule has 0 aliphatic heterocycles. The number of rotatable bonds is 3. The van der Waals surface area contributed by atoms with Gasteiger partial charge in [0.05, 0.1) is 6.04 Å². The van der Waals surface area contributed by atoms with Crippen LogP contribution in [0, 0.1) is 18.6 Å². The van der Waals surface area contributed by atoms with Gasteiger partial charge in [0, 0.05) is 0 Å². The highest BCUT2D eigenvalue weighted by Gasteiger charge is 2.21. The van der Waals surface area contributed by atoms with Crippen LogP contribution in [0.15, 0.2) is 18.5 Å². The Hall–Kier alpha value is -2.31. The van der Waals surface area contributed by atoms with Gasteiger partial charge in [-0.25, -0.2) is 13.8 Å². The molecule has 7 heteroatoms. The lowest BCUT2D eigenvalue weighted by Gasteiger charge is -2.12. The summed E-state index contributed by atoms with van der Waals surface area (Å²) in [5, 5.41) is 8.66. The van der Waals surface area contributed by atoms with Crippen molar-refractivity contribution in [3.63, 3.8) is 0 Å². The Bertz CT molecular complexity index is 598. The van der Waals surface area contributed by atoms with Gasteiger partial charge in [-0.3, -0.25) is 9.89 Å². The number of aryl methyl sites for hydroxylation is 1. The van der Waals surface area contributed by atoms with Crippen molar-refractivity contribution in [2.24, 2.45) is 0 Å². The number of carbonyl (C=O) groups is 1. The molecule has 0 saturated carbocycles. The fourth-order valence-corrected chi connectivity index (χ4v) is 1.63. The molecule has 0 saturated heterocycles. The number of amides is 1. The molecule has 1 aromatic carbocycles. The van der Waals surface area contributed by atoms with Crippen LogP contribution in [0.1, 0.15) is 34.7 Å². The second-order valence-corrected chi connectivity index (χ2v) is 4.12. The van der Waals surface area contributed by atoms with Crippen molar-refractivity contribution in [3.8, 4) is 0 Å². The Labute approximate surface area is 108 Å². The Morgan fingerprint density at radius 3 is 2.79 bits per heavy atom. The van der Waals surface area contributed by atoms with Crippen LogP contribution in [0.4, 0.5) is 8.78 Å².